The van der Waals surface area contributed by atoms with Crippen LogP contribution in [0.25, 0.3) is 0 Å². The number of hydrogen-bond donors (Lipinski definition) is 1. The highest BCUT2D eigenvalue weighted by Gasteiger charge is 2.17. The number of carbonyl (C=O) groups is 1. The number of Topliss-reactive ketones (excluding diaryl/α,β-unsaturated/α-hetero) is 1. The Bertz CT molecular complexity index is 366. The van der Waals surface area contributed by atoms with Crippen molar-refractivity contribution in [2.24, 2.45) is 0 Å². The number of likely N-dealkylation sites (N-methyl/N-ethyl adjacent to an activating group) is 1. The first-order valence-corrected chi connectivity index (χ1v) is 4.65. The zero-order chi connectivity index (χ0) is 11.4. The van der Waals surface area contributed by atoms with Crippen LogP contribution in [0.4, 0.5) is 4.39 Å². The van der Waals surface area contributed by atoms with Gasteiger partial charge in [-0.15, -0.1) is 0 Å². The van der Waals surface area contributed by atoms with Crippen LogP contribution in [0.2, 0.25) is 0 Å². The van der Waals surface area contributed by atoms with Gasteiger partial charge < -0.3 is 10.1 Å². The Morgan fingerprint density at radius 2 is 2.20 bits per heavy atom. The fourth-order valence-corrected chi connectivity index (χ4v) is 1.19. The van der Waals surface area contributed by atoms with Crippen molar-refractivity contribution in [1.29, 1.82) is 0 Å². The van der Waals surface area contributed by atoms with Crippen molar-refractivity contribution in [3.63, 3.8) is 0 Å². The summed E-state index contributed by atoms with van der Waals surface area (Å²) in [6.45, 7) is 1.69. The van der Waals surface area contributed by atoms with Gasteiger partial charge in [0.1, 0.15) is 11.6 Å². The van der Waals surface area contributed by atoms with Crippen LogP contribution in [-0.4, -0.2) is 26.0 Å². The molecule has 1 aromatic rings. The van der Waals surface area contributed by atoms with Gasteiger partial charge in [0.2, 0.25) is 0 Å². The molecule has 1 rings (SSSR count). The topological polar surface area (TPSA) is 38.3 Å². The molecular weight excluding hydrogens is 197 g/mol. The Morgan fingerprint density at radius 3 is 2.67 bits per heavy atom. The summed E-state index contributed by atoms with van der Waals surface area (Å²) in [6.07, 6.45) is 0. The monoisotopic (exact) mass is 211 g/mol. The van der Waals surface area contributed by atoms with E-state index in [1.807, 2.05) is 0 Å². The Morgan fingerprint density at radius 1 is 1.53 bits per heavy atom. The first-order chi connectivity index (χ1) is 7.10. The van der Waals surface area contributed by atoms with Crippen molar-refractivity contribution in [3.05, 3.63) is 29.6 Å². The number of ketones is 1. The van der Waals surface area contributed by atoms with Gasteiger partial charge in [-0.3, -0.25) is 4.79 Å². The van der Waals surface area contributed by atoms with Gasteiger partial charge >= 0.3 is 0 Å². The molecule has 1 unspecified atom stereocenters. The third-order valence-corrected chi connectivity index (χ3v) is 2.27. The number of carbonyl (C=O) groups excluding carboxylic acids is 1. The lowest BCUT2D eigenvalue weighted by Gasteiger charge is -2.10. The lowest BCUT2D eigenvalue weighted by molar-refractivity contribution is 0.0951. The fourth-order valence-electron chi connectivity index (χ4n) is 1.19. The third-order valence-electron chi connectivity index (χ3n) is 2.27. The molecule has 0 bridgehead atoms. The van der Waals surface area contributed by atoms with E-state index in [4.69, 9.17) is 4.74 Å². The molecule has 0 amide bonds. The maximum Gasteiger partial charge on any atom is 0.182 e. The van der Waals surface area contributed by atoms with Crippen molar-refractivity contribution in [2.75, 3.05) is 14.2 Å². The van der Waals surface area contributed by atoms with Gasteiger partial charge in [0.25, 0.3) is 0 Å². The summed E-state index contributed by atoms with van der Waals surface area (Å²) in [5.74, 6) is -0.416. The van der Waals surface area contributed by atoms with E-state index in [1.165, 1.54) is 19.2 Å². The van der Waals surface area contributed by atoms with E-state index in [1.54, 1.807) is 20.0 Å². The normalized spacial score (nSPS) is 12.3. The molecule has 1 N–H and O–H groups in total. The minimum absolute atomic E-state index is 0.0812. The van der Waals surface area contributed by atoms with Crippen LogP contribution in [0.3, 0.4) is 0 Å². The van der Waals surface area contributed by atoms with Gasteiger partial charge in [-0.2, -0.15) is 0 Å². The smallest absolute Gasteiger partial charge is 0.182 e. The van der Waals surface area contributed by atoms with Crippen molar-refractivity contribution in [2.45, 2.75) is 13.0 Å². The molecule has 0 fully saturated rings. The Hall–Kier alpha value is -1.42. The number of nitrogens with one attached hydrogen (secondary N) is 1. The largest absolute Gasteiger partial charge is 0.497 e. The highest BCUT2D eigenvalue weighted by atomic mass is 19.1. The molecule has 0 aromatic heterocycles. The average molecular weight is 211 g/mol. The standard InChI is InChI=1S/C11H14FNO2/c1-7(13-2)11(14)9-5-4-8(15-3)6-10(9)12/h4-7,13H,1-3H3. The van der Waals surface area contributed by atoms with E-state index in [-0.39, 0.29) is 11.3 Å². The van der Waals surface area contributed by atoms with Crippen LogP contribution in [0, 0.1) is 5.82 Å². The first-order valence-electron chi connectivity index (χ1n) is 4.65. The molecule has 0 aliphatic heterocycles. The Kier molecular flexibility index (Phi) is 3.80. The fraction of sp³-hybridized carbons (Fsp3) is 0.364. The SMILES string of the molecule is CNC(C)C(=O)c1ccc(OC)cc1F. The second-order valence-corrected chi connectivity index (χ2v) is 3.22. The zero-order valence-electron chi connectivity index (χ0n) is 9.00. The minimum atomic E-state index is -0.554. The van der Waals surface area contributed by atoms with Crippen molar-refractivity contribution in [3.8, 4) is 5.75 Å². The van der Waals surface area contributed by atoms with Crippen LogP contribution in [0.1, 0.15) is 17.3 Å². The van der Waals surface area contributed by atoms with Gasteiger partial charge in [0.05, 0.1) is 18.7 Å². The first kappa shape index (κ1) is 11.7. The molecule has 1 atom stereocenters. The highest BCUT2D eigenvalue weighted by molar-refractivity contribution is 6.00. The second-order valence-electron chi connectivity index (χ2n) is 3.22. The predicted molar refractivity (Wildman–Crippen MR) is 55.8 cm³/mol. The second kappa shape index (κ2) is 4.89. The molecule has 0 aliphatic rings. The molecule has 0 heterocycles. The van der Waals surface area contributed by atoms with Gasteiger partial charge in [-0.25, -0.2) is 4.39 Å². The van der Waals surface area contributed by atoms with Crippen LogP contribution in [0.5, 0.6) is 5.75 Å². The molecule has 15 heavy (non-hydrogen) atoms. The van der Waals surface area contributed by atoms with E-state index in [0.29, 0.717) is 5.75 Å². The summed E-state index contributed by atoms with van der Waals surface area (Å²) in [7, 11) is 3.11. The molecule has 0 saturated carbocycles. The lowest BCUT2D eigenvalue weighted by atomic mass is 10.0. The maximum absolute atomic E-state index is 13.5. The molecule has 4 heteroatoms. The summed E-state index contributed by atoms with van der Waals surface area (Å²) in [6, 6.07) is 3.81. The van der Waals surface area contributed by atoms with Crippen LogP contribution in [0.15, 0.2) is 18.2 Å². The molecule has 0 radical (unpaired) electrons. The number of rotatable bonds is 4. The van der Waals surface area contributed by atoms with Crippen LogP contribution in [-0.2, 0) is 0 Å². The number of benzene rings is 1. The Balaban J connectivity index is 3.00. The molecule has 3 nitrogen and oxygen atoms in total. The summed E-state index contributed by atoms with van der Waals surface area (Å²) < 4.78 is 18.3. The van der Waals surface area contributed by atoms with E-state index in [2.05, 4.69) is 5.32 Å². The summed E-state index contributed by atoms with van der Waals surface area (Å²) in [4.78, 5) is 11.7. The van der Waals surface area contributed by atoms with Crippen LogP contribution >= 0.6 is 0 Å². The van der Waals surface area contributed by atoms with Crippen molar-refractivity contribution >= 4 is 5.78 Å². The van der Waals surface area contributed by atoms with Crippen molar-refractivity contribution in [1.82, 2.24) is 5.32 Å². The number of methoxy groups -OCH3 is 1. The molecule has 0 spiro atoms. The van der Waals surface area contributed by atoms with Gasteiger partial charge in [0, 0.05) is 6.07 Å². The van der Waals surface area contributed by atoms with E-state index in [0.717, 1.165) is 0 Å². The Labute approximate surface area is 88.2 Å². The van der Waals surface area contributed by atoms with Crippen LogP contribution < -0.4 is 10.1 Å². The average Bonchev–Trinajstić information content (AvgIpc) is 2.26. The van der Waals surface area contributed by atoms with E-state index < -0.39 is 11.9 Å². The van der Waals surface area contributed by atoms with E-state index in [9.17, 15) is 9.18 Å². The maximum atomic E-state index is 13.5. The lowest BCUT2D eigenvalue weighted by Crippen LogP contribution is -2.31. The van der Waals surface area contributed by atoms with Gasteiger partial charge in [-0.1, -0.05) is 0 Å². The predicted octanol–water partition coefficient (Wildman–Crippen LogP) is 1.62. The van der Waals surface area contributed by atoms with Crippen molar-refractivity contribution < 1.29 is 13.9 Å². The summed E-state index contributed by atoms with van der Waals surface area (Å²) >= 11 is 0. The van der Waals surface area contributed by atoms with E-state index >= 15 is 0 Å². The minimum Gasteiger partial charge on any atom is -0.497 e. The van der Waals surface area contributed by atoms with Gasteiger partial charge in [0.15, 0.2) is 5.78 Å². The van der Waals surface area contributed by atoms with Gasteiger partial charge in [-0.05, 0) is 26.1 Å². The molecule has 0 aliphatic carbocycles. The molecule has 0 saturated heterocycles. The zero-order valence-corrected chi connectivity index (χ0v) is 9.00. The quantitative estimate of drug-likeness (QED) is 0.769. The number of halogens is 1. The summed E-state index contributed by atoms with van der Waals surface area (Å²) in [5.41, 5.74) is 0.0812. The third kappa shape index (κ3) is 2.53. The molecule has 1 aromatic carbocycles. The number of hydrogen-bond acceptors (Lipinski definition) is 3. The number of ether oxygens (including phenoxy) is 1. The molecular formula is C11H14FNO2. The summed E-state index contributed by atoms with van der Waals surface area (Å²) in [5, 5.41) is 2.77. The molecule has 82 valence electrons. The highest BCUT2D eigenvalue weighted by Crippen LogP contribution is 2.17.